The van der Waals surface area contributed by atoms with Crippen LogP contribution in [-0.4, -0.2) is 31.1 Å². The summed E-state index contributed by atoms with van der Waals surface area (Å²) in [6.07, 6.45) is 0. The monoisotopic (exact) mass is 350 g/mol. The molecular formula is C19H24Cl2N2. The van der Waals surface area contributed by atoms with Gasteiger partial charge in [0.2, 0.25) is 0 Å². The van der Waals surface area contributed by atoms with Gasteiger partial charge in [-0.1, -0.05) is 49.2 Å². The van der Waals surface area contributed by atoms with Crippen LogP contribution in [-0.2, 0) is 0 Å². The van der Waals surface area contributed by atoms with Gasteiger partial charge in [-0.05, 0) is 61.0 Å². The topological polar surface area (TPSA) is 15.3 Å². The van der Waals surface area contributed by atoms with E-state index in [0.717, 1.165) is 58.6 Å². The van der Waals surface area contributed by atoms with Crippen LogP contribution in [0.2, 0.25) is 10.0 Å². The molecule has 0 heterocycles. The Morgan fingerprint density at radius 2 is 1.65 bits per heavy atom. The predicted octanol–water partition coefficient (Wildman–Crippen LogP) is 5.72. The molecule has 1 N–H and O–H groups in total. The second-order valence-electron chi connectivity index (χ2n) is 5.59. The van der Waals surface area contributed by atoms with Gasteiger partial charge in [0, 0.05) is 28.8 Å². The Bertz CT molecular complexity index is 635. The van der Waals surface area contributed by atoms with E-state index in [1.54, 1.807) is 0 Å². The zero-order valence-electron chi connectivity index (χ0n) is 14.0. The minimum Gasteiger partial charge on any atom is -0.384 e. The van der Waals surface area contributed by atoms with Gasteiger partial charge >= 0.3 is 0 Å². The first-order chi connectivity index (χ1) is 11.0. The summed E-state index contributed by atoms with van der Waals surface area (Å²) in [7, 11) is 0. The fourth-order valence-electron chi connectivity index (χ4n) is 2.61. The lowest BCUT2D eigenvalue weighted by Gasteiger charge is -2.19. The quantitative estimate of drug-likeness (QED) is 0.686. The van der Waals surface area contributed by atoms with Crippen LogP contribution in [0.4, 0.5) is 5.69 Å². The molecule has 0 radical (unpaired) electrons. The molecule has 0 atom stereocenters. The summed E-state index contributed by atoms with van der Waals surface area (Å²) in [4.78, 5) is 2.39. The molecule has 0 bridgehead atoms. The van der Waals surface area contributed by atoms with Crippen molar-refractivity contribution in [3.8, 4) is 11.1 Å². The molecule has 4 heteroatoms. The molecule has 0 unspecified atom stereocenters. The van der Waals surface area contributed by atoms with Crippen LogP contribution in [0.1, 0.15) is 19.4 Å². The summed E-state index contributed by atoms with van der Waals surface area (Å²) in [5.41, 5.74) is 4.40. The molecular weight excluding hydrogens is 327 g/mol. The Hall–Kier alpha value is -1.22. The number of likely N-dealkylation sites (N-methyl/N-ethyl adjacent to an activating group) is 1. The number of hydrogen-bond acceptors (Lipinski definition) is 2. The number of hydrogen-bond donors (Lipinski definition) is 1. The Balaban J connectivity index is 2.17. The first-order valence-electron chi connectivity index (χ1n) is 8.07. The lowest BCUT2D eigenvalue weighted by molar-refractivity contribution is 0.316. The van der Waals surface area contributed by atoms with Gasteiger partial charge in [-0.3, -0.25) is 0 Å². The second-order valence-corrected chi connectivity index (χ2v) is 6.43. The molecule has 0 saturated carbocycles. The number of rotatable bonds is 7. The van der Waals surface area contributed by atoms with Crippen molar-refractivity contribution in [2.45, 2.75) is 20.8 Å². The van der Waals surface area contributed by atoms with E-state index < -0.39 is 0 Å². The van der Waals surface area contributed by atoms with Gasteiger partial charge in [0.1, 0.15) is 0 Å². The zero-order valence-corrected chi connectivity index (χ0v) is 15.5. The van der Waals surface area contributed by atoms with Crippen molar-refractivity contribution in [1.29, 1.82) is 0 Å². The highest BCUT2D eigenvalue weighted by Gasteiger charge is 2.08. The molecule has 2 aromatic carbocycles. The van der Waals surface area contributed by atoms with Crippen LogP contribution < -0.4 is 5.32 Å². The van der Waals surface area contributed by atoms with Crippen molar-refractivity contribution in [2.24, 2.45) is 0 Å². The van der Waals surface area contributed by atoms with Gasteiger partial charge in [-0.15, -0.1) is 0 Å². The first kappa shape index (κ1) is 18.1. The highest BCUT2D eigenvalue weighted by atomic mass is 35.5. The number of nitrogens with zero attached hydrogens (tertiary/aromatic N) is 1. The van der Waals surface area contributed by atoms with Crippen LogP contribution in [0, 0.1) is 6.92 Å². The third-order valence-electron chi connectivity index (χ3n) is 4.15. The zero-order chi connectivity index (χ0) is 16.8. The summed E-state index contributed by atoms with van der Waals surface area (Å²) in [5.74, 6) is 0. The average Bonchev–Trinajstić information content (AvgIpc) is 2.55. The van der Waals surface area contributed by atoms with Crippen LogP contribution in [0.25, 0.3) is 11.1 Å². The first-order valence-corrected chi connectivity index (χ1v) is 8.83. The minimum absolute atomic E-state index is 0.742. The Kier molecular flexibility index (Phi) is 6.76. The smallest absolute Gasteiger partial charge is 0.0461 e. The second kappa shape index (κ2) is 8.58. The maximum absolute atomic E-state index is 6.42. The molecule has 23 heavy (non-hydrogen) atoms. The number of anilines is 1. The lowest BCUT2D eigenvalue weighted by atomic mass is 10.00. The Labute approximate surface area is 149 Å². The molecule has 0 fully saturated rings. The third kappa shape index (κ3) is 4.87. The predicted molar refractivity (Wildman–Crippen MR) is 103 cm³/mol. The maximum Gasteiger partial charge on any atom is 0.0461 e. The molecule has 2 nitrogen and oxygen atoms in total. The highest BCUT2D eigenvalue weighted by molar-refractivity contribution is 6.32. The van der Waals surface area contributed by atoms with Crippen LogP contribution in [0.5, 0.6) is 0 Å². The van der Waals surface area contributed by atoms with Gasteiger partial charge < -0.3 is 10.2 Å². The molecule has 0 saturated heterocycles. The minimum atomic E-state index is 0.742. The van der Waals surface area contributed by atoms with E-state index in [-0.39, 0.29) is 0 Å². The molecule has 0 aliphatic carbocycles. The molecule has 0 aliphatic heterocycles. The Morgan fingerprint density at radius 3 is 2.26 bits per heavy atom. The normalized spacial score (nSPS) is 11.0. The number of benzene rings is 2. The molecule has 0 spiro atoms. The van der Waals surface area contributed by atoms with E-state index in [2.05, 4.69) is 30.1 Å². The Morgan fingerprint density at radius 1 is 1.00 bits per heavy atom. The molecule has 0 amide bonds. The van der Waals surface area contributed by atoms with Gasteiger partial charge in [0.15, 0.2) is 0 Å². The van der Waals surface area contributed by atoms with Gasteiger partial charge in [-0.2, -0.15) is 0 Å². The van der Waals surface area contributed by atoms with Gasteiger partial charge in [0.25, 0.3) is 0 Å². The summed E-state index contributed by atoms with van der Waals surface area (Å²) < 4.78 is 0. The fraction of sp³-hybridized carbons (Fsp3) is 0.368. The SMILES string of the molecule is CCN(CC)CCNc1cc(Cl)c(C)c(-c2ccc(Cl)cc2)c1. The fourth-order valence-corrected chi connectivity index (χ4v) is 2.95. The third-order valence-corrected chi connectivity index (χ3v) is 4.80. The van der Waals surface area contributed by atoms with Gasteiger partial charge in [-0.25, -0.2) is 0 Å². The largest absolute Gasteiger partial charge is 0.384 e. The highest BCUT2D eigenvalue weighted by Crippen LogP contribution is 2.32. The molecule has 124 valence electrons. The summed E-state index contributed by atoms with van der Waals surface area (Å²) in [6.45, 7) is 10.5. The molecule has 2 aromatic rings. The van der Waals surface area contributed by atoms with E-state index in [9.17, 15) is 0 Å². The van der Waals surface area contributed by atoms with E-state index >= 15 is 0 Å². The number of nitrogens with one attached hydrogen (secondary N) is 1. The van der Waals surface area contributed by atoms with Crippen molar-refractivity contribution < 1.29 is 0 Å². The van der Waals surface area contributed by atoms with Crippen molar-refractivity contribution in [2.75, 3.05) is 31.5 Å². The van der Waals surface area contributed by atoms with Crippen LogP contribution >= 0.6 is 23.2 Å². The average molecular weight is 351 g/mol. The van der Waals surface area contributed by atoms with E-state index in [1.165, 1.54) is 0 Å². The van der Waals surface area contributed by atoms with Gasteiger partial charge in [0.05, 0.1) is 0 Å². The molecule has 0 aromatic heterocycles. The van der Waals surface area contributed by atoms with Crippen molar-refractivity contribution in [3.63, 3.8) is 0 Å². The van der Waals surface area contributed by atoms with E-state index in [4.69, 9.17) is 23.2 Å². The number of halogens is 2. The summed E-state index contributed by atoms with van der Waals surface area (Å²) >= 11 is 12.4. The van der Waals surface area contributed by atoms with Crippen LogP contribution in [0.3, 0.4) is 0 Å². The van der Waals surface area contributed by atoms with Crippen LogP contribution in [0.15, 0.2) is 36.4 Å². The standard InChI is InChI=1S/C19H24Cl2N2/c1-4-23(5-2)11-10-22-17-12-18(14(3)19(21)13-17)15-6-8-16(20)9-7-15/h6-9,12-13,22H,4-5,10-11H2,1-3H3. The molecule has 2 rings (SSSR count). The van der Waals surface area contributed by atoms with Crippen molar-refractivity contribution >= 4 is 28.9 Å². The van der Waals surface area contributed by atoms with Crippen molar-refractivity contribution in [1.82, 2.24) is 4.90 Å². The summed E-state index contributed by atoms with van der Waals surface area (Å²) in [6, 6.07) is 12.0. The maximum atomic E-state index is 6.42. The van der Waals surface area contributed by atoms with Crippen molar-refractivity contribution in [3.05, 3.63) is 52.0 Å². The van der Waals surface area contributed by atoms with E-state index in [1.807, 2.05) is 37.3 Å². The van der Waals surface area contributed by atoms with E-state index in [0.29, 0.717) is 0 Å². The molecule has 0 aliphatic rings. The lowest BCUT2D eigenvalue weighted by Crippen LogP contribution is -2.28. The summed E-state index contributed by atoms with van der Waals surface area (Å²) in [5, 5.41) is 5.00.